The number of hydrogen-bond donors (Lipinski definition) is 1. The molecule has 1 aliphatic carbocycles. The number of carbonyl (C=O) groups is 1. The molecular formula is C23H29N5O. The molecule has 3 heterocycles. The van der Waals surface area contributed by atoms with Gasteiger partial charge in [-0.25, -0.2) is 0 Å². The molecule has 1 N–H and O–H groups in total. The number of fused-ring (bicyclic) bond motifs is 1. The van der Waals surface area contributed by atoms with E-state index in [9.17, 15) is 4.79 Å². The van der Waals surface area contributed by atoms with Gasteiger partial charge in [0.1, 0.15) is 17.8 Å². The first-order valence-corrected chi connectivity index (χ1v) is 10.7. The largest absolute Gasteiger partial charge is 0.351 e. The summed E-state index contributed by atoms with van der Waals surface area (Å²) in [7, 11) is 0. The predicted molar refractivity (Wildman–Crippen MR) is 113 cm³/mol. The molecule has 0 spiro atoms. The van der Waals surface area contributed by atoms with Crippen molar-refractivity contribution in [3.8, 4) is 0 Å². The van der Waals surface area contributed by atoms with E-state index in [1.54, 1.807) is 0 Å². The van der Waals surface area contributed by atoms with Crippen molar-refractivity contribution in [2.45, 2.75) is 63.8 Å². The lowest BCUT2D eigenvalue weighted by Crippen LogP contribution is -2.38. The Morgan fingerprint density at radius 1 is 1.10 bits per heavy atom. The lowest BCUT2D eigenvalue weighted by molar-refractivity contribution is 0.0705. The van der Waals surface area contributed by atoms with Gasteiger partial charge in [-0.05, 0) is 48.8 Å². The number of carbonyl (C=O) groups excluding carboxylic acids is 1. The minimum atomic E-state index is 0.0897. The van der Waals surface area contributed by atoms with Gasteiger partial charge in [0.05, 0.1) is 0 Å². The smallest absolute Gasteiger partial charge is 0.270 e. The fourth-order valence-electron chi connectivity index (χ4n) is 4.40. The lowest BCUT2D eigenvalue weighted by Gasteiger charge is -2.31. The van der Waals surface area contributed by atoms with E-state index in [1.807, 2.05) is 17.3 Å². The molecule has 1 saturated heterocycles. The molecule has 0 bridgehead atoms. The average molecular weight is 392 g/mol. The van der Waals surface area contributed by atoms with E-state index >= 15 is 0 Å². The summed E-state index contributed by atoms with van der Waals surface area (Å²) in [5.41, 5.74) is 3.08. The van der Waals surface area contributed by atoms with Crippen molar-refractivity contribution in [3.63, 3.8) is 0 Å². The van der Waals surface area contributed by atoms with E-state index in [-0.39, 0.29) is 11.3 Å². The third kappa shape index (κ3) is 3.45. The number of H-pyrrole nitrogens is 1. The van der Waals surface area contributed by atoms with Gasteiger partial charge in [-0.3, -0.25) is 4.79 Å². The molecular weight excluding hydrogens is 362 g/mol. The van der Waals surface area contributed by atoms with Crippen molar-refractivity contribution in [1.29, 1.82) is 0 Å². The summed E-state index contributed by atoms with van der Waals surface area (Å²) in [5.74, 6) is 1.61. The molecule has 2 aliphatic rings. The molecule has 2 fully saturated rings. The van der Waals surface area contributed by atoms with Crippen LogP contribution in [0.1, 0.15) is 80.3 Å². The number of hydrogen-bond acceptors (Lipinski definition) is 3. The molecule has 2 aromatic heterocycles. The number of benzene rings is 1. The Morgan fingerprint density at radius 3 is 2.55 bits per heavy atom. The normalized spacial score (nSPS) is 18.5. The van der Waals surface area contributed by atoms with Crippen molar-refractivity contribution in [2.75, 3.05) is 13.1 Å². The number of likely N-dealkylation sites (tertiary alicyclic amines) is 1. The second kappa shape index (κ2) is 6.71. The first-order valence-electron chi connectivity index (χ1n) is 10.7. The van der Waals surface area contributed by atoms with Crippen molar-refractivity contribution in [2.24, 2.45) is 0 Å². The summed E-state index contributed by atoms with van der Waals surface area (Å²) in [6.07, 6.45) is 6.25. The Bertz CT molecular complexity index is 1040. The second-order valence-electron chi connectivity index (χ2n) is 9.63. The van der Waals surface area contributed by atoms with Crippen molar-refractivity contribution >= 4 is 16.8 Å². The monoisotopic (exact) mass is 391 g/mol. The fraction of sp³-hybridized carbons (Fsp3) is 0.522. The number of rotatable bonds is 3. The van der Waals surface area contributed by atoms with E-state index in [1.165, 1.54) is 18.4 Å². The van der Waals surface area contributed by atoms with Crippen LogP contribution in [0.15, 0.2) is 30.6 Å². The second-order valence-corrected chi connectivity index (χ2v) is 9.63. The Balaban J connectivity index is 1.29. The van der Waals surface area contributed by atoms with Crippen molar-refractivity contribution in [3.05, 3.63) is 47.7 Å². The Labute approximate surface area is 171 Å². The Morgan fingerprint density at radius 2 is 1.86 bits per heavy atom. The molecule has 1 amide bonds. The van der Waals surface area contributed by atoms with Gasteiger partial charge in [-0.15, -0.1) is 10.2 Å². The maximum atomic E-state index is 13.1. The predicted octanol–water partition coefficient (Wildman–Crippen LogP) is 4.41. The van der Waals surface area contributed by atoms with Gasteiger partial charge in [0.25, 0.3) is 5.91 Å². The summed E-state index contributed by atoms with van der Waals surface area (Å²) >= 11 is 0. The summed E-state index contributed by atoms with van der Waals surface area (Å²) in [6.45, 7) is 8.15. The highest BCUT2D eigenvalue weighted by molar-refractivity contribution is 5.98. The molecule has 6 heteroatoms. The molecule has 5 rings (SSSR count). The van der Waals surface area contributed by atoms with Gasteiger partial charge in [-0.1, -0.05) is 32.9 Å². The number of aromatic nitrogens is 4. The molecule has 0 atom stereocenters. The minimum Gasteiger partial charge on any atom is -0.351 e. The highest BCUT2D eigenvalue weighted by Gasteiger charge is 2.32. The molecule has 1 aliphatic heterocycles. The standard InChI is InChI=1S/C23H29N5O/c1-23(2,3)17-5-4-16-12-20(25-19(16)13-17)22(29)27-10-8-15(9-11-27)21-26-24-14-28(21)18-6-7-18/h4-5,12-15,18,25H,6-11H2,1-3H3. The van der Waals surface area contributed by atoms with Crippen molar-refractivity contribution in [1.82, 2.24) is 24.6 Å². The molecule has 1 saturated carbocycles. The van der Waals surface area contributed by atoms with Gasteiger partial charge in [-0.2, -0.15) is 0 Å². The SMILES string of the molecule is CC(C)(C)c1ccc2cc(C(=O)N3CCC(c4nncn4C4CC4)CC3)[nH]c2c1. The van der Waals surface area contributed by atoms with Gasteiger partial charge in [0, 0.05) is 36.0 Å². The van der Waals surface area contributed by atoms with Crippen molar-refractivity contribution < 1.29 is 4.79 Å². The van der Waals surface area contributed by atoms with Crippen LogP contribution in [0.3, 0.4) is 0 Å². The van der Waals surface area contributed by atoms with Crippen LogP contribution in [0.2, 0.25) is 0 Å². The van der Waals surface area contributed by atoms with E-state index in [0.29, 0.717) is 17.7 Å². The third-order valence-corrected chi connectivity index (χ3v) is 6.41. The topological polar surface area (TPSA) is 66.8 Å². The van der Waals surface area contributed by atoms with Gasteiger partial charge >= 0.3 is 0 Å². The average Bonchev–Trinajstić information content (AvgIpc) is 3.27. The molecule has 6 nitrogen and oxygen atoms in total. The summed E-state index contributed by atoms with van der Waals surface area (Å²) in [4.78, 5) is 18.4. The van der Waals surface area contributed by atoms with Crippen LogP contribution in [0.25, 0.3) is 10.9 Å². The Kier molecular flexibility index (Phi) is 4.26. The molecule has 3 aromatic rings. The summed E-state index contributed by atoms with van der Waals surface area (Å²) in [5, 5.41) is 9.62. The maximum Gasteiger partial charge on any atom is 0.270 e. The van der Waals surface area contributed by atoms with E-state index < -0.39 is 0 Å². The van der Waals surface area contributed by atoms with Crippen LogP contribution in [-0.2, 0) is 5.41 Å². The first kappa shape index (κ1) is 18.4. The lowest BCUT2D eigenvalue weighted by atomic mass is 9.87. The van der Waals surface area contributed by atoms with E-state index in [2.05, 4.69) is 58.7 Å². The van der Waals surface area contributed by atoms with Crippen LogP contribution in [0.4, 0.5) is 0 Å². The zero-order valence-corrected chi connectivity index (χ0v) is 17.5. The summed E-state index contributed by atoms with van der Waals surface area (Å²) < 4.78 is 2.26. The van der Waals surface area contributed by atoms with Crippen LogP contribution in [0.5, 0.6) is 0 Å². The minimum absolute atomic E-state index is 0.0897. The third-order valence-electron chi connectivity index (χ3n) is 6.41. The van der Waals surface area contributed by atoms with E-state index in [4.69, 9.17) is 0 Å². The van der Waals surface area contributed by atoms with Gasteiger partial charge < -0.3 is 14.5 Å². The highest BCUT2D eigenvalue weighted by atomic mass is 16.2. The molecule has 29 heavy (non-hydrogen) atoms. The fourth-order valence-corrected chi connectivity index (χ4v) is 4.40. The number of nitrogens with zero attached hydrogens (tertiary/aromatic N) is 4. The Hall–Kier alpha value is -2.63. The zero-order valence-electron chi connectivity index (χ0n) is 17.5. The van der Waals surface area contributed by atoms with Crippen LogP contribution in [-0.4, -0.2) is 43.6 Å². The zero-order chi connectivity index (χ0) is 20.2. The quantitative estimate of drug-likeness (QED) is 0.719. The van der Waals surface area contributed by atoms with Gasteiger partial charge in [0.2, 0.25) is 0 Å². The highest BCUT2D eigenvalue weighted by Crippen LogP contribution is 2.38. The van der Waals surface area contributed by atoms with Crippen LogP contribution < -0.4 is 0 Å². The molecule has 152 valence electrons. The number of nitrogens with one attached hydrogen (secondary N) is 1. The van der Waals surface area contributed by atoms with Crippen LogP contribution >= 0.6 is 0 Å². The number of amides is 1. The number of aromatic amines is 1. The molecule has 1 aromatic carbocycles. The maximum absolute atomic E-state index is 13.1. The number of piperidine rings is 1. The summed E-state index contributed by atoms with van der Waals surface area (Å²) in [6, 6.07) is 9.03. The van der Waals surface area contributed by atoms with E-state index in [0.717, 1.165) is 42.7 Å². The molecule has 0 unspecified atom stereocenters. The molecule has 0 radical (unpaired) electrons. The van der Waals surface area contributed by atoms with Gasteiger partial charge in [0.15, 0.2) is 0 Å². The first-order chi connectivity index (χ1) is 13.9. The van der Waals surface area contributed by atoms with Crippen LogP contribution in [0, 0.1) is 0 Å².